The fourth-order valence-corrected chi connectivity index (χ4v) is 2.72. The molecule has 0 saturated carbocycles. The van der Waals surface area contributed by atoms with E-state index in [1.807, 2.05) is 24.3 Å². The van der Waals surface area contributed by atoms with Gasteiger partial charge in [-0.3, -0.25) is 5.41 Å². The third-order valence-electron chi connectivity index (χ3n) is 3.59. The predicted molar refractivity (Wildman–Crippen MR) is 81.4 cm³/mol. The van der Waals surface area contributed by atoms with Gasteiger partial charge in [0.2, 0.25) is 0 Å². The van der Waals surface area contributed by atoms with Crippen molar-refractivity contribution in [3.05, 3.63) is 29.8 Å². The van der Waals surface area contributed by atoms with Gasteiger partial charge >= 0.3 is 0 Å². The number of halogens is 1. The van der Waals surface area contributed by atoms with Crippen LogP contribution < -0.4 is 10.6 Å². The summed E-state index contributed by atoms with van der Waals surface area (Å²) in [6.45, 7) is 1.19. The topological polar surface area (TPSA) is 73.3 Å². The van der Waals surface area contributed by atoms with Crippen molar-refractivity contribution in [3.8, 4) is 0 Å². The van der Waals surface area contributed by atoms with E-state index in [1.54, 1.807) is 0 Å². The van der Waals surface area contributed by atoms with E-state index >= 15 is 0 Å². The average Bonchev–Trinajstić information content (AvgIpc) is 2.40. The second kappa shape index (κ2) is 7.36. The maximum Gasteiger partial charge on any atom is 0.124 e. The second-order valence-electron chi connectivity index (χ2n) is 4.79. The number of amidine groups is 1. The highest BCUT2D eigenvalue weighted by molar-refractivity contribution is 6.00. The number of hydrogen-bond acceptors (Lipinski definition) is 3. The Morgan fingerprint density at radius 1 is 1.37 bits per heavy atom. The molecular formula is C14H22ClN3O. The molecule has 1 heterocycles. The SMILES string of the molecule is Cl.N=C(N)c1ccccc1N1CCCCC1CCO. The molecule has 1 unspecified atom stereocenters. The molecule has 0 amide bonds. The van der Waals surface area contributed by atoms with Crippen LogP contribution in [0.1, 0.15) is 31.2 Å². The van der Waals surface area contributed by atoms with Crippen molar-refractivity contribution in [2.45, 2.75) is 31.7 Å². The molecule has 1 aromatic carbocycles. The monoisotopic (exact) mass is 283 g/mol. The molecule has 0 bridgehead atoms. The number of hydrogen-bond donors (Lipinski definition) is 3. The Kier molecular flexibility index (Phi) is 6.12. The van der Waals surface area contributed by atoms with Crippen LogP contribution in [0.5, 0.6) is 0 Å². The van der Waals surface area contributed by atoms with Crippen LogP contribution in [0.25, 0.3) is 0 Å². The maximum absolute atomic E-state index is 9.17. The minimum absolute atomic E-state index is 0. The largest absolute Gasteiger partial charge is 0.396 e. The van der Waals surface area contributed by atoms with E-state index in [9.17, 15) is 0 Å². The molecule has 1 fully saturated rings. The quantitative estimate of drug-likeness (QED) is 0.585. The molecule has 19 heavy (non-hydrogen) atoms. The van der Waals surface area contributed by atoms with Crippen LogP contribution in [-0.4, -0.2) is 30.1 Å². The molecule has 0 aliphatic carbocycles. The number of rotatable bonds is 4. The van der Waals surface area contributed by atoms with E-state index in [-0.39, 0.29) is 24.8 Å². The summed E-state index contributed by atoms with van der Waals surface area (Å²) in [4.78, 5) is 2.30. The van der Waals surface area contributed by atoms with Crippen molar-refractivity contribution in [3.63, 3.8) is 0 Å². The molecular weight excluding hydrogens is 262 g/mol. The van der Waals surface area contributed by atoms with E-state index in [0.29, 0.717) is 6.04 Å². The molecule has 106 valence electrons. The fourth-order valence-electron chi connectivity index (χ4n) is 2.72. The highest BCUT2D eigenvalue weighted by atomic mass is 35.5. The summed E-state index contributed by atoms with van der Waals surface area (Å²) in [7, 11) is 0. The first-order valence-corrected chi connectivity index (χ1v) is 6.55. The van der Waals surface area contributed by atoms with Crippen LogP contribution in [-0.2, 0) is 0 Å². The Balaban J connectivity index is 0.00000180. The van der Waals surface area contributed by atoms with Gasteiger partial charge in [0.15, 0.2) is 0 Å². The van der Waals surface area contributed by atoms with Crippen LogP contribution in [0.15, 0.2) is 24.3 Å². The lowest BCUT2D eigenvalue weighted by atomic mass is 9.97. The van der Waals surface area contributed by atoms with Crippen molar-refractivity contribution in [1.29, 1.82) is 5.41 Å². The van der Waals surface area contributed by atoms with Crippen LogP contribution in [0, 0.1) is 5.41 Å². The van der Waals surface area contributed by atoms with Gasteiger partial charge in [0.1, 0.15) is 5.84 Å². The first kappa shape index (κ1) is 15.8. The molecule has 1 aliphatic heterocycles. The number of nitrogens with two attached hydrogens (primary N) is 1. The number of nitrogens with zero attached hydrogens (tertiary/aromatic N) is 1. The van der Waals surface area contributed by atoms with Gasteiger partial charge in [-0.15, -0.1) is 12.4 Å². The molecule has 2 rings (SSSR count). The number of nitrogen functional groups attached to an aromatic ring is 1. The number of nitrogens with one attached hydrogen (secondary N) is 1. The third kappa shape index (κ3) is 3.61. The lowest BCUT2D eigenvalue weighted by molar-refractivity contribution is 0.262. The lowest BCUT2D eigenvalue weighted by Gasteiger charge is -2.38. The highest BCUT2D eigenvalue weighted by Crippen LogP contribution is 2.29. The summed E-state index contributed by atoms with van der Waals surface area (Å²) in [6, 6.07) is 8.16. The van der Waals surface area contributed by atoms with Gasteiger partial charge < -0.3 is 15.7 Å². The van der Waals surface area contributed by atoms with Crippen molar-refractivity contribution in [2.24, 2.45) is 5.73 Å². The van der Waals surface area contributed by atoms with Gasteiger partial charge in [0, 0.05) is 30.4 Å². The zero-order chi connectivity index (χ0) is 13.0. The van der Waals surface area contributed by atoms with Crippen LogP contribution >= 0.6 is 12.4 Å². The Morgan fingerprint density at radius 2 is 2.11 bits per heavy atom. The van der Waals surface area contributed by atoms with Gasteiger partial charge in [0.05, 0.1) is 0 Å². The molecule has 1 atom stereocenters. The molecule has 0 spiro atoms. The summed E-state index contributed by atoms with van der Waals surface area (Å²) < 4.78 is 0. The highest BCUT2D eigenvalue weighted by Gasteiger charge is 2.24. The molecule has 5 heteroatoms. The number of benzene rings is 1. The van der Waals surface area contributed by atoms with Gasteiger partial charge in [0.25, 0.3) is 0 Å². The van der Waals surface area contributed by atoms with Gasteiger partial charge in [-0.2, -0.15) is 0 Å². The van der Waals surface area contributed by atoms with Crippen molar-refractivity contribution >= 4 is 23.9 Å². The van der Waals surface area contributed by atoms with Crippen molar-refractivity contribution < 1.29 is 5.11 Å². The number of aliphatic hydroxyl groups is 1. The van der Waals surface area contributed by atoms with Crippen molar-refractivity contribution in [1.82, 2.24) is 0 Å². The zero-order valence-electron chi connectivity index (χ0n) is 11.0. The Labute approximate surface area is 120 Å². The summed E-state index contributed by atoms with van der Waals surface area (Å²) in [5.41, 5.74) is 7.47. The van der Waals surface area contributed by atoms with Gasteiger partial charge in [-0.05, 0) is 37.8 Å². The normalized spacial score (nSPS) is 18.8. The van der Waals surface area contributed by atoms with E-state index in [2.05, 4.69) is 4.90 Å². The minimum Gasteiger partial charge on any atom is -0.396 e. The summed E-state index contributed by atoms with van der Waals surface area (Å²) in [5.74, 6) is 0.110. The third-order valence-corrected chi connectivity index (χ3v) is 3.59. The second-order valence-corrected chi connectivity index (χ2v) is 4.79. The average molecular weight is 284 g/mol. The molecule has 1 saturated heterocycles. The number of anilines is 1. The first-order valence-electron chi connectivity index (χ1n) is 6.55. The Morgan fingerprint density at radius 3 is 2.79 bits per heavy atom. The van der Waals surface area contributed by atoms with E-state index in [1.165, 1.54) is 6.42 Å². The Hall–Kier alpha value is -1.26. The van der Waals surface area contributed by atoms with Crippen LogP contribution in [0.3, 0.4) is 0 Å². The van der Waals surface area contributed by atoms with E-state index in [0.717, 1.165) is 37.1 Å². The number of para-hydroxylation sites is 1. The van der Waals surface area contributed by atoms with Gasteiger partial charge in [-0.1, -0.05) is 12.1 Å². The zero-order valence-corrected chi connectivity index (χ0v) is 11.8. The molecule has 4 N–H and O–H groups in total. The standard InChI is InChI=1S/C14H21N3O.ClH/c15-14(16)12-6-1-2-7-13(12)17-9-4-3-5-11(17)8-10-18;/h1-2,6-7,11,18H,3-5,8-10H2,(H3,15,16);1H. The molecule has 0 aromatic heterocycles. The molecule has 0 radical (unpaired) electrons. The van der Waals surface area contributed by atoms with Crippen LogP contribution in [0.4, 0.5) is 5.69 Å². The van der Waals surface area contributed by atoms with E-state index < -0.39 is 0 Å². The maximum atomic E-state index is 9.17. The number of piperidine rings is 1. The summed E-state index contributed by atoms with van der Waals surface area (Å²) >= 11 is 0. The molecule has 4 nitrogen and oxygen atoms in total. The molecule has 1 aliphatic rings. The van der Waals surface area contributed by atoms with Crippen LogP contribution in [0.2, 0.25) is 0 Å². The number of aliphatic hydroxyl groups excluding tert-OH is 1. The summed E-state index contributed by atoms with van der Waals surface area (Å²) in [5, 5.41) is 16.8. The fraction of sp³-hybridized carbons (Fsp3) is 0.500. The lowest BCUT2D eigenvalue weighted by Crippen LogP contribution is -2.41. The first-order chi connectivity index (χ1) is 8.74. The summed E-state index contributed by atoms with van der Waals surface area (Å²) in [6.07, 6.45) is 4.26. The smallest absolute Gasteiger partial charge is 0.124 e. The predicted octanol–water partition coefficient (Wildman–Crippen LogP) is 2.13. The minimum atomic E-state index is 0. The Bertz CT molecular complexity index is 423. The van der Waals surface area contributed by atoms with Gasteiger partial charge in [-0.25, -0.2) is 0 Å². The van der Waals surface area contributed by atoms with E-state index in [4.69, 9.17) is 16.2 Å². The molecule has 1 aromatic rings. The van der Waals surface area contributed by atoms with Crippen molar-refractivity contribution in [2.75, 3.05) is 18.1 Å².